The van der Waals surface area contributed by atoms with E-state index in [0.717, 1.165) is 0 Å². The average Bonchev–Trinajstić information content (AvgIpc) is 2.14. The molecule has 1 amide bonds. The zero-order valence-corrected chi connectivity index (χ0v) is 11.3. The molecule has 0 aromatic rings. The number of carboxylic acids is 1. The fourth-order valence-corrected chi connectivity index (χ4v) is 1.33. The minimum absolute atomic E-state index is 0.278. The van der Waals surface area contributed by atoms with E-state index >= 15 is 0 Å². The van der Waals surface area contributed by atoms with E-state index in [9.17, 15) is 9.59 Å². The molecule has 2 atom stereocenters. The van der Waals surface area contributed by atoms with Crippen LogP contribution in [0.25, 0.3) is 0 Å². The first-order valence-corrected chi connectivity index (χ1v) is 5.80. The van der Waals surface area contributed by atoms with Crippen molar-refractivity contribution in [2.24, 2.45) is 0 Å². The second-order valence-electron chi connectivity index (χ2n) is 3.02. The number of likely N-dealkylation sites (N-methyl/N-ethyl adjacent to an activating group) is 1. The molecule has 0 heterocycles. The van der Waals surface area contributed by atoms with Gasteiger partial charge in [-0.15, -0.1) is 0 Å². The maximum absolute atomic E-state index is 11.4. The third-order valence-corrected chi connectivity index (χ3v) is 3.08. The van der Waals surface area contributed by atoms with Crippen LogP contribution in [0.15, 0.2) is 0 Å². The topological polar surface area (TPSA) is 69.6 Å². The van der Waals surface area contributed by atoms with Crippen LogP contribution in [-0.4, -0.2) is 45.5 Å². The quantitative estimate of drug-likeness (QED) is 0.665. The summed E-state index contributed by atoms with van der Waals surface area (Å²) in [5.74, 6) is -1.31. The van der Waals surface area contributed by atoms with Gasteiger partial charge in [0.15, 0.2) is 0 Å². The number of hydrogen-bond acceptors (Lipinski definition) is 3. The van der Waals surface area contributed by atoms with Crippen LogP contribution in [0.3, 0.4) is 0 Å². The number of carbonyl (C=O) groups excluding carboxylic acids is 1. The first kappa shape index (κ1) is 13.5. The second-order valence-corrected chi connectivity index (χ2v) is 3.77. The van der Waals surface area contributed by atoms with Crippen molar-refractivity contribution in [2.75, 3.05) is 7.05 Å². The van der Waals surface area contributed by atoms with Crippen molar-refractivity contribution < 1.29 is 34.0 Å². The molecule has 5 nitrogen and oxygen atoms in total. The van der Waals surface area contributed by atoms with Crippen molar-refractivity contribution in [3.8, 4) is 0 Å². The van der Waals surface area contributed by atoms with Gasteiger partial charge < -0.3 is 0 Å². The van der Waals surface area contributed by atoms with Crippen LogP contribution in [0, 0.1) is 0 Å². The van der Waals surface area contributed by atoms with E-state index in [1.165, 1.54) is 26.3 Å². The molecule has 0 aromatic heterocycles. The summed E-state index contributed by atoms with van der Waals surface area (Å²) in [7, 11) is 1.78. The summed E-state index contributed by atoms with van der Waals surface area (Å²) >= 11 is 1.24. The average molecular weight is 370 g/mol. The number of carboxylic acid groups (broad SMARTS) is 1. The van der Waals surface area contributed by atoms with Gasteiger partial charge >= 0.3 is 93.6 Å². The molecular formula is C8H14N2O3W. The molecule has 0 fully saturated rings. The van der Waals surface area contributed by atoms with E-state index in [0.29, 0.717) is 0 Å². The van der Waals surface area contributed by atoms with Crippen LogP contribution in [0.4, 0.5) is 0 Å². The Morgan fingerprint density at radius 1 is 1.50 bits per heavy atom. The number of nitrogens with zero attached hydrogens (tertiary/aromatic N) is 1. The summed E-state index contributed by atoms with van der Waals surface area (Å²) in [6.07, 6.45) is 0. The number of aliphatic carboxylic acids is 1. The van der Waals surface area contributed by atoms with E-state index in [2.05, 4.69) is 5.32 Å². The molecule has 0 bridgehead atoms. The third-order valence-electron chi connectivity index (χ3n) is 1.89. The number of amides is 1. The van der Waals surface area contributed by atoms with E-state index in [1.54, 1.807) is 18.9 Å². The Labute approximate surface area is 93.9 Å². The molecule has 0 saturated heterocycles. The monoisotopic (exact) mass is 370 g/mol. The molecule has 0 aliphatic heterocycles. The third kappa shape index (κ3) is 4.11. The van der Waals surface area contributed by atoms with Crippen LogP contribution in [0.2, 0.25) is 0 Å². The number of rotatable bonds is 5. The van der Waals surface area contributed by atoms with Gasteiger partial charge in [-0.05, 0) is 0 Å². The van der Waals surface area contributed by atoms with Gasteiger partial charge in [0.05, 0.1) is 0 Å². The van der Waals surface area contributed by atoms with Crippen molar-refractivity contribution in [3.63, 3.8) is 0 Å². The summed E-state index contributed by atoms with van der Waals surface area (Å²) in [4.78, 5) is 23.6. The molecule has 0 aliphatic carbocycles. The molecule has 0 rings (SSSR count). The fourth-order valence-electron chi connectivity index (χ4n) is 0.672. The molecule has 0 spiro atoms. The van der Waals surface area contributed by atoms with Gasteiger partial charge in [-0.1, -0.05) is 0 Å². The van der Waals surface area contributed by atoms with Crippen molar-refractivity contribution in [1.82, 2.24) is 10.2 Å². The Balaban J connectivity index is 4.21. The van der Waals surface area contributed by atoms with E-state index in [1.807, 2.05) is 4.52 Å². The van der Waals surface area contributed by atoms with Crippen molar-refractivity contribution in [1.29, 1.82) is 0 Å². The molecule has 0 radical (unpaired) electrons. The zero-order valence-electron chi connectivity index (χ0n) is 8.35. The van der Waals surface area contributed by atoms with Crippen LogP contribution in [0.5, 0.6) is 0 Å². The van der Waals surface area contributed by atoms with Gasteiger partial charge in [0.1, 0.15) is 0 Å². The van der Waals surface area contributed by atoms with Crippen molar-refractivity contribution >= 4 is 16.4 Å². The molecule has 2 N–H and O–H groups in total. The van der Waals surface area contributed by atoms with Gasteiger partial charge in [0.2, 0.25) is 0 Å². The van der Waals surface area contributed by atoms with E-state index < -0.39 is 12.0 Å². The normalized spacial score (nSPS) is 14.6. The van der Waals surface area contributed by atoms with Gasteiger partial charge in [-0.25, -0.2) is 0 Å². The fraction of sp³-hybridized carbons (Fsp3) is 0.625. The summed E-state index contributed by atoms with van der Waals surface area (Å²) in [5.41, 5.74) is 0. The standard InChI is InChI=1S/C8H14N2O3.W/c1-5(8(12)13)9-7(11)6(2)10(3)4;/h3,5-6H,1-2,4H3,(H,9,11)(H,12,13);. The molecule has 14 heavy (non-hydrogen) atoms. The first-order chi connectivity index (χ1) is 6.40. The van der Waals surface area contributed by atoms with Gasteiger partial charge in [-0.2, -0.15) is 0 Å². The van der Waals surface area contributed by atoms with Crippen LogP contribution < -0.4 is 5.32 Å². The van der Waals surface area contributed by atoms with Crippen LogP contribution in [-0.2, 0) is 28.9 Å². The minimum atomic E-state index is -1.03. The van der Waals surface area contributed by atoms with Gasteiger partial charge in [0.25, 0.3) is 0 Å². The van der Waals surface area contributed by atoms with E-state index in [-0.39, 0.29) is 11.9 Å². The molecule has 0 aliphatic rings. The Morgan fingerprint density at radius 3 is 2.36 bits per heavy atom. The molecule has 0 aromatic carbocycles. The van der Waals surface area contributed by atoms with Crippen molar-refractivity contribution in [3.05, 3.63) is 0 Å². The Bertz CT molecular complexity index is 245. The van der Waals surface area contributed by atoms with Crippen molar-refractivity contribution in [2.45, 2.75) is 25.9 Å². The number of nitrogens with one attached hydrogen (secondary N) is 1. The van der Waals surface area contributed by atoms with Gasteiger partial charge in [-0.3, -0.25) is 0 Å². The SMILES string of the molecule is CC(NC(=O)C(C)N(C)[CH]=[W])C(=O)O. The second kappa shape index (κ2) is 6.04. The first-order valence-electron chi connectivity index (χ1n) is 4.10. The molecular weight excluding hydrogens is 356 g/mol. The number of carbonyl (C=O) groups is 2. The summed E-state index contributed by atoms with van der Waals surface area (Å²) in [6.45, 7) is 3.16. The van der Waals surface area contributed by atoms with Crippen LogP contribution >= 0.6 is 0 Å². The summed E-state index contributed by atoms with van der Waals surface area (Å²) < 4.78 is 1.84. The molecule has 0 saturated carbocycles. The Kier molecular flexibility index (Phi) is 5.80. The van der Waals surface area contributed by atoms with Gasteiger partial charge in [0, 0.05) is 0 Å². The van der Waals surface area contributed by atoms with E-state index in [4.69, 9.17) is 5.11 Å². The predicted molar refractivity (Wildman–Crippen MR) is 48.5 cm³/mol. The molecule has 80 valence electrons. The predicted octanol–water partition coefficient (Wildman–Crippen LogP) is -0.797. The summed E-state index contributed by atoms with van der Waals surface area (Å²) in [5, 5.41) is 11.0. The molecule has 6 heteroatoms. The Hall–Kier alpha value is -0.542. The molecule has 2 unspecified atom stereocenters. The van der Waals surface area contributed by atoms with Crippen LogP contribution in [0.1, 0.15) is 13.8 Å². The zero-order chi connectivity index (χ0) is 11.3. The maximum atomic E-state index is 11.4. The Morgan fingerprint density at radius 2 is 2.00 bits per heavy atom. The number of hydrogen-bond donors (Lipinski definition) is 2. The summed E-state index contributed by atoms with van der Waals surface area (Å²) in [6, 6.07) is -1.18.